The van der Waals surface area contributed by atoms with E-state index in [2.05, 4.69) is 130 Å². The predicted molar refractivity (Wildman–Crippen MR) is 169 cm³/mol. The number of hydrogen-bond donors (Lipinski definition) is 0. The molecular formula is C36H44N2O. The van der Waals surface area contributed by atoms with E-state index in [0.29, 0.717) is 23.7 Å². The van der Waals surface area contributed by atoms with Gasteiger partial charge in [-0.1, -0.05) is 116 Å². The molecule has 204 valence electrons. The van der Waals surface area contributed by atoms with Crippen LogP contribution in [0.3, 0.4) is 0 Å². The van der Waals surface area contributed by atoms with Crippen molar-refractivity contribution in [1.29, 1.82) is 0 Å². The van der Waals surface area contributed by atoms with E-state index < -0.39 is 0 Å². The first-order valence-electron chi connectivity index (χ1n) is 14.4. The highest BCUT2D eigenvalue weighted by atomic mass is 16.3. The fraction of sp³-hybridized carbons (Fsp3) is 0.389. The summed E-state index contributed by atoms with van der Waals surface area (Å²) in [6, 6.07) is 21.5. The van der Waals surface area contributed by atoms with Crippen LogP contribution in [0.5, 0.6) is 0 Å². The van der Waals surface area contributed by atoms with Gasteiger partial charge in [-0.15, -0.1) is 0 Å². The van der Waals surface area contributed by atoms with E-state index in [1.807, 2.05) is 0 Å². The van der Waals surface area contributed by atoms with Crippen LogP contribution in [-0.4, -0.2) is 11.4 Å². The highest BCUT2D eigenvalue weighted by molar-refractivity contribution is 6.15. The maximum atomic E-state index is 6.67. The quantitative estimate of drug-likeness (QED) is 0.213. The smallest absolute Gasteiger partial charge is 0.156 e. The molecule has 0 aliphatic rings. The van der Waals surface area contributed by atoms with Crippen molar-refractivity contribution >= 4 is 33.6 Å². The highest BCUT2D eigenvalue weighted by Crippen LogP contribution is 2.38. The monoisotopic (exact) mass is 520 g/mol. The van der Waals surface area contributed by atoms with E-state index in [1.165, 1.54) is 22.3 Å². The van der Waals surface area contributed by atoms with Crippen molar-refractivity contribution in [2.45, 2.75) is 92.9 Å². The molecule has 0 amide bonds. The molecule has 1 aromatic heterocycles. The molecule has 3 nitrogen and oxygen atoms in total. The van der Waals surface area contributed by atoms with Crippen LogP contribution in [0.2, 0.25) is 0 Å². The zero-order chi connectivity index (χ0) is 28.4. The first-order valence-corrected chi connectivity index (χ1v) is 14.4. The summed E-state index contributed by atoms with van der Waals surface area (Å²) in [6.07, 6.45) is 0. The summed E-state index contributed by atoms with van der Waals surface area (Å²) in [6.45, 7) is 22.0. The van der Waals surface area contributed by atoms with Gasteiger partial charge in [0.2, 0.25) is 0 Å². The Morgan fingerprint density at radius 2 is 0.795 bits per heavy atom. The number of furan rings is 1. The van der Waals surface area contributed by atoms with Crippen LogP contribution < -0.4 is 0 Å². The van der Waals surface area contributed by atoms with E-state index in [4.69, 9.17) is 14.4 Å². The Bertz CT molecular complexity index is 1360. The van der Waals surface area contributed by atoms with Crippen LogP contribution >= 0.6 is 0 Å². The van der Waals surface area contributed by atoms with Crippen LogP contribution in [0.1, 0.15) is 127 Å². The lowest BCUT2D eigenvalue weighted by atomic mass is 9.93. The summed E-state index contributed by atoms with van der Waals surface area (Å²) < 4.78 is 6.67. The Morgan fingerprint density at radius 3 is 1.08 bits per heavy atom. The number of benzene rings is 3. The molecule has 1 heterocycles. The number of fused-ring (bicyclic) bond motifs is 1. The maximum Gasteiger partial charge on any atom is 0.156 e. The maximum absolute atomic E-state index is 6.67. The average molecular weight is 521 g/mol. The third kappa shape index (κ3) is 5.78. The van der Waals surface area contributed by atoms with Crippen LogP contribution in [-0.2, 0) is 0 Å². The van der Waals surface area contributed by atoms with Crippen molar-refractivity contribution in [3.05, 3.63) is 94.4 Å². The normalized spacial score (nSPS) is 13.1. The number of aliphatic imine (C=N–C) groups is 2. The lowest BCUT2D eigenvalue weighted by Gasteiger charge is -2.17. The topological polar surface area (TPSA) is 37.9 Å². The summed E-state index contributed by atoms with van der Waals surface area (Å²) in [5.74, 6) is 3.14. The largest absolute Gasteiger partial charge is 0.452 e. The van der Waals surface area contributed by atoms with Gasteiger partial charge in [0.1, 0.15) is 0 Å². The zero-order valence-corrected chi connectivity index (χ0v) is 25.4. The molecule has 0 saturated carbocycles. The molecule has 39 heavy (non-hydrogen) atoms. The molecule has 0 unspecified atom stereocenters. The lowest BCUT2D eigenvalue weighted by molar-refractivity contribution is 0.553. The third-order valence-electron chi connectivity index (χ3n) is 7.52. The minimum Gasteiger partial charge on any atom is -0.452 e. The molecule has 0 aliphatic heterocycles. The Kier molecular flexibility index (Phi) is 8.59. The summed E-state index contributed by atoms with van der Waals surface area (Å²) in [5, 5.41) is 2.13. The Morgan fingerprint density at radius 1 is 0.487 bits per heavy atom. The third-order valence-corrected chi connectivity index (χ3v) is 7.52. The van der Waals surface area contributed by atoms with Crippen molar-refractivity contribution in [1.82, 2.24) is 0 Å². The van der Waals surface area contributed by atoms with Gasteiger partial charge in [0.25, 0.3) is 0 Å². The van der Waals surface area contributed by atoms with Gasteiger partial charge in [0, 0.05) is 10.8 Å². The highest BCUT2D eigenvalue weighted by Gasteiger charge is 2.21. The molecule has 0 fully saturated rings. The number of hydrogen-bond acceptors (Lipinski definition) is 3. The Hall–Kier alpha value is -3.46. The van der Waals surface area contributed by atoms with Gasteiger partial charge < -0.3 is 4.42 Å². The van der Waals surface area contributed by atoms with Gasteiger partial charge in [-0.25, -0.2) is 9.98 Å². The average Bonchev–Trinajstić information content (AvgIpc) is 3.28. The number of para-hydroxylation sites is 2. The van der Waals surface area contributed by atoms with E-state index in [0.717, 1.165) is 45.1 Å². The number of nitrogens with zero attached hydrogens (tertiary/aromatic N) is 2. The molecule has 3 aromatic carbocycles. The molecule has 0 atom stereocenters. The van der Waals surface area contributed by atoms with E-state index in [-0.39, 0.29) is 0 Å². The van der Waals surface area contributed by atoms with Crippen LogP contribution in [0.25, 0.3) is 10.8 Å². The summed E-state index contributed by atoms with van der Waals surface area (Å²) in [4.78, 5) is 10.5. The molecule has 3 heteroatoms. The molecule has 0 aliphatic carbocycles. The minimum atomic E-state index is 0.379. The zero-order valence-electron chi connectivity index (χ0n) is 25.4. The molecule has 0 radical (unpaired) electrons. The van der Waals surface area contributed by atoms with Gasteiger partial charge >= 0.3 is 0 Å². The Balaban J connectivity index is 1.91. The molecule has 4 rings (SSSR count). The van der Waals surface area contributed by atoms with Crippen LogP contribution in [0.4, 0.5) is 11.4 Å². The molecule has 0 N–H and O–H groups in total. The summed E-state index contributed by atoms with van der Waals surface area (Å²) >= 11 is 0. The van der Waals surface area contributed by atoms with Crippen molar-refractivity contribution in [2.75, 3.05) is 0 Å². The van der Waals surface area contributed by atoms with Gasteiger partial charge in [-0.3, -0.25) is 0 Å². The first kappa shape index (κ1) is 28.5. The second-order valence-corrected chi connectivity index (χ2v) is 11.9. The second kappa shape index (κ2) is 11.7. The molecule has 4 aromatic rings. The summed E-state index contributed by atoms with van der Waals surface area (Å²) in [7, 11) is 0. The van der Waals surface area contributed by atoms with Gasteiger partial charge in [0.05, 0.1) is 22.8 Å². The van der Waals surface area contributed by atoms with Gasteiger partial charge in [-0.2, -0.15) is 0 Å². The van der Waals surface area contributed by atoms with Crippen LogP contribution in [0.15, 0.2) is 75.1 Å². The van der Waals surface area contributed by atoms with Crippen molar-refractivity contribution < 1.29 is 4.42 Å². The van der Waals surface area contributed by atoms with E-state index in [9.17, 15) is 0 Å². The molecule has 0 spiro atoms. The Labute approximate surface area is 235 Å². The molecular weight excluding hydrogens is 476 g/mol. The summed E-state index contributed by atoms with van der Waals surface area (Å²) in [5.41, 5.74) is 8.96. The van der Waals surface area contributed by atoms with Crippen molar-refractivity contribution in [3.8, 4) is 0 Å². The van der Waals surface area contributed by atoms with Crippen LogP contribution in [0, 0.1) is 0 Å². The SMILES string of the molecule is C/C(=N\c1c(C(C)C)cccc1C(C)C)c1oc(/C(C)=N/c2c(C(C)C)cccc2C(C)C)c2ccccc12. The van der Waals surface area contributed by atoms with Gasteiger partial charge in [0.15, 0.2) is 11.5 Å². The first-order chi connectivity index (χ1) is 18.5. The minimum absolute atomic E-state index is 0.379. The number of rotatable bonds is 8. The molecule has 0 saturated heterocycles. The standard InChI is InChI=1S/C36H44N2O/c1-21(2)27-17-13-18-28(22(3)4)33(27)37-25(9)35-31-15-11-12-16-32(31)36(39-35)26(10)38-34-29(23(5)6)19-14-20-30(34)24(7)8/h11-24H,1-10H3/b37-25+,38-26+. The second-order valence-electron chi connectivity index (χ2n) is 11.9. The lowest BCUT2D eigenvalue weighted by Crippen LogP contribution is -2.00. The van der Waals surface area contributed by atoms with E-state index >= 15 is 0 Å². The van der Waals surface area contributed by atoms with Crippen molar-refractivity contribution in [3.63, 3.8) is 0 Å². The fourth-order valence-electron chi connectivity index (χ4n) is 5.35. The van der Waals surface area contributed by atoms with Crippen molar-refractivity contribution in [2.24, 2.45) is 9.98 Å². The fourth-order valence-corrected chi connectivity index (χ4v) is 5.35. The predicted octanol–water partition coefficient (Wildman–Crippen LogP) is 11.2. The van der Waals surface area contributed by atoms with Gasteiger partial charge in [-0.05, 0) is 59.8 Å². The van der Waals surface area contributed by atoms with E-state index in [1.54, 1.807) is 0 Å². The molecule has 0 bridgehead atoms.